The van der Waals surface area contributed by atoms with Crippen molar-refractivity contribution in [3.8, 4) is 0 Å². The van der Waals surface area contributed by atoms with Crippen LogP contribution in [0.5, 0.6) is 0 Å². The molecule has 6 heteroatoms. The SMILES string of the molecule is CC1CCCNC1C(=O)N(CC(=O)O)c1ccc(Cl)cc1. The lowest BCUT2D eigenvalue weighted by Gasteiger charge is -2.33. The smallest absolute Gasteiger partial charge is 0.323 e. The zero-order chi connectivity index (χ0) is 15.4. The van der Waals surface area contributed by atoms with Gasteiger partial charge in [-0.2, -0.15) is 0 Å². The van der Waals surface area contributed by atoms with Gasteiger partial charge in [-0.1, -0.05) is 18.5 Å². The Hall–Kier alpha value is -1.59. The summed E-state index contributed by atoms with van der Waals surface area (Å²) in [6.07, 6.45) is 2.00. The van der Waals surface area contributed by atoms with Crippen LogP contribution in [0.2, 0.25) is 5.02 Å². The Balaban J connectivity index is 2.24. The van der Waals surface area contributed by atoms with Crippen LogP contribution in [0.15, 0.2) is 24.3 Å². The monoisotopic (exact) mass is 310 g/mol. The minimum Gasteiger partial charge on any atom is -0.480 e. The molecule has 1 aliphatic heterocycles. The van der Waals surface area contributed by atoms with E-state index in [1.165, 1.54) is 4.90 Å². The number of carbonyl (C=O) groups is 2. The molecule has 1 aromatic carbocycles. The Kier molecular flexibility index (Phi) is 5.20. The molecule has 2 N–H and O–H groups in total. The van der Waals surface area contributed by atoms with Gasteiger partial charge in [0.05, 0.1) is 6.04 Å². The molecule has 1 heterocycles. The lowest BCUT2D eigenvalue weighted by molar-refractivity contribution is -0.137. The minimum absolute atomic E-state index is 0.190. The average Bonchev–Trinajstić information content (AvgIpc) is 2.45. The second-order valence-corrected chi connectivity index (χ2v) is 5.78. The van der Waals surface area contributed by atoms with Crippen molar-refractivity contribution in [2.45, 2.75) is 25.8 Å². The van der Waals surface area contributed by atoms with Crippen molar-refractivity contribution in [2.75, 3.05) is 18.0 Å². The third-order valence-electron chi connectivity index (χ3n) is 3.73. The number of halogens is 1. The van der Waals surface area contributed by atoms with Gasteiger partial charge in [0.2, 0.25) is 5.91 Å². The normalized spacial score (nSPS) is 21.8. The molecule has 0 saturated carbocycles. The Morgan fingerprint density at radius 2 is 2.05 bits per heavy atom. The number of nitrogens with zero attached hydrogens (tertiary/aromatic N) is 1. The first-order chi connectivity index (χ1) is 9.99. The summed E-state index contributed by atoms with van der Waals surface area (Å²) < 4.78 is 0. The molecule has 1 aliphatic rings. The Morgan fingerprint density at radius 1 is 1.38 bits per heavy atom. The van der Waals surface area contributed by atoms with Crippen LogP contribution < -0.4 is 10.2 Å². The fraction of sp³-hybridized carbons (Fsp3) is 0.467. The zero-order valence-corrected chi connectivity index (χ0v) is 12.6. The molecule has 1 fully saturated rings. The van der Waals surface area contributed by atoms with Crippen LogP contribution in [0.25, 0.3) is 0 Å². The second kappa shape index (κ2) is 6.91. The van der Waals surface area contributed by atoms with E-state index in [1.54, 1.807) is 24.3 Å². The summed E-state index contributed by atoms with van der Waals surface area (Å²) in [6, 6.07) is 6.29. The van der Waals surface area contributed by atoms with Gasteiger partial charge in [-0.3, -0.25) is 14.5 Å². The van der Waals surface area contributed by atoms with E-state index < -0.39 is 5.97 Å². The van der Waals surface area contributed by atoms with E-state index in [4.69, 9.17) is 16.7 Å². The summed E-state index contributed by atoms with van der Waals surface area (Å²) >= 11 is 5.84. The van der Waals surface area contributed by atoms with Crippen molar-refractivity contribution < 1.29 is 14.7 Å². The fourth-order valence-electron chi connectivity index (χ4n) is 2.60. The van der Waals surface area contributed by atoms with Crippen molar-refractivity contribution in [3.05, 3.63) is 29.3 Å². The van der Waals surface area contributed by atoms with Crippen LogP contribution in [-0.4, -0.2) is 36.1 Å². The maximum absolute atomic E-state index is 12.7. The van der Waals surface area contributed by atoms with Gasteiger partial charge in [0.15, 0.2) is 0 Å². The summed E-state index contributed by atoms with van der Waals surface area (Å²) in [5.41, 5.74) is 0.548. The predicted octanol–water partition coefficient (Wildman–Crippen LogP) is 2.15. The number of carboxylic acid groups (broad SMARTS) is 1. The Labute approximate surface area is 128 Å². The quantitative estimate of drug-likeness (QED) is 0.894. The molecule has 2 unspecified atom stereocenters. The van der Waals surface area contributed by atoms with E-state index in [1.807, 2.05) is 6.92 Å². The first-order valence-corrected chi connectivity index (χ1v) is 7.39. The lowest BCUT2D eigenvalue weighted by atomic mass is 9.91. The summed E-state index contributed by atoms with van der Waals surface area (Å²) in [5, 5.41) is 12.8. The van der Waals surface area contributed by atoms with E-state index >= 15 is 0 Å². The van der Waals surface area contributed by atoms with Crippen LogP contribution in [0.4, 0.5) is 5.69 Å². The average molecular weight is 311 g/mol. The molecule has 1 aromatic rings. The molecule has 21 heavy (non-hydrogen) atoms. The van der Waals surface area contributed by atoms with Gasteiger partial charge in [-0.15, -0.1) is 0 Å². The number of carbonyl (C=O) groups excluding carboxylic acids is 1. The number of benzene rings is 1. The first kappa shape index (κ1) is 15.8. The zero-order valence-electron chi connectivity index (χ0n) is 11.9. The number of aliphatic carboxylic acids is 1. The van der Waals surface area contributed by atoms with Gasteiger partial charge < -0.3 is 10.4 Å². The number of hydrogen-bond donors (Lipinski definition) is 2. The van der Waals surface area contributed by atoms with E-state index in [9.17, 15) is 9.59 Å². The number of rotatable bonds is 4. The third kappa shape index (κ3) is 3.95. The van der Waals surface area contributed by atoms with Gasteiger partial charge in [-0.05, 0) is 49.6 Å². The topological polar surface area (TPSA) is 69.6 Å². The Bertz CT molecular complexity index is 518. The second-order valence-electron chi connectivity index (χ2n) is 5.35. The largest absolute Gasteiger partial charge is 0.480 e. The van der Waals surface area contributed by atoms with Crippen LogP contribution in [0, 0.1) is 5.92 Å². The molecular formula is C15H19ClN2O3. The summed E-state index contributed by atoms with van der Waals surface area (Å²) in [6.45, 7) is 2.43. The van der Waals surface area contributed by atoms with Gasteiger partial charge in [0.25, 0.3) is 0 Å². The van der Waals surface area contributed by atoms with Crippen molar-refractivity contribution in [1.82, 2.24) is 5.32 Å². The molecule has 0 aliphatic carbocycles. The van der Waals surface area contributed by atoms with Crippen molar-refractivity contribution in [3.63, 3.8) is 0 Å². The molecule has 114 valence electrons. The highest BCUT2D eigenvalue weighted by molar-refractivity contribution is 6.30. The van der Waals surface area contributed by atoms with Gasteiger partial charge in [0.1, 0.15) is 6.54 Å². The van der Waals surface area contributed by atoms with E-state index in [0.29, 0.717) is 10.7 Å². The molecule has 2 rings (SSSR count). The van der Waals surface area contributed by atoms with Crippen LogP contribution in [-0.2, 0) is 9.59 Å². The fourth-order valence-corrected chi connectivity index (χ4v) is 2.73. The molecule has 0 bridgehead atoms. The van der Waals surface area contributed by atoms with E-state index in [-0.39, 0.29) is 24.4 Å². The van der Waals surface area contributed by atoms with Crippen molar-refractivity contribution in [2.24, 2.45) is 5.92 Å². The van der Waals surface area contributed by atoms with E-state index in [2.05, 4.69) is 5.32 Å². The molecule has 0 aromatic heterocycles. The van der Waals surface area contributed by atoms with Crippen molar-refractivity contribution >= 4 is 29.2 Å². The molecule has 0 radical (unpaired) electrons. The number of hydrogen-bond acceptors (Lipinski definition) is 3. The summed E-state index contributed by atoms with van der Waals surface area (Å²) in [5.74, 6) is -1.05. The number of nitrogens with one attached hydrogen (secondary N) is 1. The molecule has 1 amide bonds. The molecular weight excluding hydrogens is 292 g/mol. The number of piperidine rings is 1. The first-order valence-electron chi connectivity index (χ1n) is 7.01. The summed E-state index contributed by atoms with van der Waals surface area (Å²) in [7, 11) is 0. The van der Waals surface area contributed by atoms with Gasteiger partial charge in [-0.25, -0.2) is 0 Å². The minimum atomic E-state index is -1.04. The molecule has 0 spiro atoms. The predicted molar refractivity (Wildman–Crippen MR) is 81.6 cm³/mol. The standard InChI is InChI=1S/C15H19ClN2O3/c1-10-3-2-8-17-14(10)15(21)18(9-13(19)20)12-6-4-11(16)5-7-12/h4-7,10,14,17H,2-3,8-9H2,1H3,(H,19,20). The number of carboxylic acids is 1. The number of anilines is 1. The lowest BCUT2D eigenvalue weighted by Crippen LogP contribution is -2.53. The van der Waals surface area contributed by atoms with Gasteiger partial charge in [0, 0.05) is 10.7 Å². The third-order valence-corrected chi connectivity index (χ3v) is 3.99. The number of amides is 1. The maximum Gasteiger partial charge on any atom is 0.323 e. The van der Waals surface area contributed by atoms with Crippen LogP contribution in [0.1, 0.15) is 19.8 Å². The van der Waals surface area contributed by atoms with Crippen LogP contribution >= 0.6 is 11.6 Å². The van der Waals surface area contributed by atoms with Gasteiger partial charge >= 0.3 is 5.97 Å². The molecule has 2 atom stereocenters. The van der Waals surface area contributed by atoms with Crippen molar-refractivity contribution in [1.29, 1.82) is 0 Å². The maximum atomic E-state index is 12.7. The summed E-state index contributed by atoms with van der Waals surface area (Å²) in [4.78, 5) is 25.1. The highest BCUT2D eigenvalue weighted by Crippen LogP contribution is 2.22. The molecule has 5 nitrogen and oxygen atoms in total. The highest BCUT2D eigenvalue weighted by Gasteiger charge is 2.32. The highest BCUT2D eigenvalue weighted by atomic mass is 35.5. The van der Waals surface area contributed by atoms with E-state index in [0.717, 1.165) is 19.4 Å². The Morgan fingerprint density at radius 3 is 2.62 bits per heavy atom. The van der Waals surface area contributed by atoms with Crippen LogP contribution in [0.3, 0.4) is 0 Å². The molecule has 1 saturated heterocycles.